The molecular weight excluding hydrogens is 444 g/mol. The van der Waals surface area contributed by atoms with Crippen LogP contribution in [0.25, 0.3) is 0 Å². The van der Waals surface area contributed by atoms with Crippen molar-refractivity contribution in [1.29, 1.82) is 0 Å². The summed E-state index contributed by atoms with van der Waals surface area (Å²) >= 11 is 0. The van der Waals surface area contributed by atoms with E-state index in [2.05, 4.69) is 27.7 Å². The summed E-state index contributed by atoms with van der Waals surface area (Å²) in [5, 5.41) is 11.9. The Bertz CT molecular complexity index is 909. The molecule has 12 atom stereocenters. The maximum absolute atomic E-state index is 13.7. The summed E-state index contributed by atoms with van der Waals surface area (Å²) in [5.74, 6) is 1.68. The van der Waals surface area contributed by atoms with Gasteiger partial charge >= 0.3 is 5.97 Å². The second kappa shape index (κ2) is 7.77. The number of carbonyl (C=O) groups excluding carboxylic acids is 2. The summed E-state index contributed by atoms with van der Waals surface area (Å²) in [5.41, 5.74) is -1.71. The van der Waals surface area contributed by atoms with E-state index in [0.717, 1.165) is 51.6 Å². The van der Waals surface area contributed by atoms with Crippen molar-refractivity contribution in [2.75, 3.05) is 6.61 Å². The molecule has 2 aliphatic heterocycles. The van der Waals surface area contributed by atoms with Crippen LogP contribution in [0.4, 0.5) is 0 Å². The molecule has 6 aliphatic rings. The van der Waals surface area contributed by atoms with E-state index in [9.17, 15) is 14.7 Å². The lowest BCUT2D eigenvalue weighted by Gasteiger charge is -2.63. The van der Waals surface area contributed by atoms with Crippen molar-refractivity contribution < 1.29 is 28.9 Å². The number of esters is 1. The molecule has 6 nitrogen and oxygen atoms in total. The normalized spacial score (nSPS) is 57.3. The van der Waals surface area contributed by atoms with Crippen LogP contribution >= 0.6 is 0 Å². The summed E-state index contributed by atoms with van der Waals surface area (Å²) in [6.45, 7) is 11.4. The lowest BCUT2D eigenvalue weighted by atomic mass is 9.42. The Balaban J connectivity index is 1.26. The van der Waals surface area contributed by atoms with Crippen molar-refractivity contribution in [3.8, 4) is 0 Å². The Morgan fingerprint density at radius 3 is 2.54 bits per heavy atom. The van der Waals surface area contributed by atoms with Gasteiger partial charge in [-0.3, -0.25) is 9.59 Å². The maximum Gasteiger partial charge on any atom is 0.302 e. The van der Waals surface area contributed by atoms with Crippen molar-refractivity contribution in [1.82, 2.24) is 0 Å². The maximum atomic E-state index is 13.7. The van der Waals surface area contributed by atoms with E-state index in [1.165, 1.54) is 6.92 Å². The molecule has 1 spiro atoms. The van der Waals surface area contributed by atoms with Crippen molar-refractivity contribution in [2.24, 2.45) is 46.3 Å². The highest BCUT2D eigenvalue weighted by atomic mass is 16.7. The van der Waals surface area contributed by atoms with Crippen LogP contribution in [0.15, 0.2) is 0 Å². The molecule has 0 radical (unpaired) electrons. The molecule has 1 N–H and O–H groups in total. The van der Waals surface area contributed by atoms with E-state index in [4.69, 9.17) is 14.2 Å². The summed E-state index contributed by atoms with van der Waals surface area (Å²) in [7, 11) is 0. The number of rotatable bonds is 1. The molecule has 0 bridgehead atoms. The van der Waals surface area contributed by atoms with E-state index < -0.39 is 16.8 Å². The van der Waals surface area contributed by atoms with Gasteiger partial charge in [-0.15, -0.1) is 0 Å². The van der Waals surface area contributed by atoms with Crippen LogP contribution in [0.1, 0.15) is 92.4 Å². The van der Waals surface area contributed by atoms with Gasteiger partial charge in [0.2, 0.25) is 0 Å². The van der Waals surface area contributed by atoms with Gasteiger partial charge in [-0.25, -0.2) is 0 Å². The minimum atomic E-state index is -1.39. The first-order chi connectivity index (χ1) is 16.4. The van der Waals surface area contributed by atoms with Crippen LogP contribution in [-0.2, 0) is 23.8 Å². The highest BCUT2D eigenvalue weighted by Gasteiger charge is 2.72. The molecule has 35 heavy (non-hydrogen) atoms. The topological polar surface area (TPSA) is 82.1 Å². The molecule has 4 aliphatic carbocycles. The third kappa shape index (κ3) is 3.18. The average Bonchev–Trinajstić information content (AvgIpc) is 3.23. The number of hydrogen-bond donors (Lipinski definition) is 1. The second-order valence-corrected chi connectivity index (χ2v) is 13.8. The molecule has 2 heterocycles. The fraction of sp³-hybridized carbons (Fsp3) is 0.931. The summed E-state index contributed by atoms with van der Waals surface area (Å²) in [6, 6.07) is 0. The molecule has 0 aromatic heterocycles. The van der Waals surface area contributed by atoms with E-state index in [1.54, 1.807) is 0 Å². The predicted octanol–water partition coefficient (Wildman–Crippen LogP) is 4.66. The highest BCUT2D eigenvalue weighted by Crippen LogP contribution is 2.71. The molecule has 2 saturated heterocycles. The predicted molar refractivity (Wildman–Crippen MR) is 129 cm³/mol. The number of fused-ring (bicyclic) bond motifs is 7. The van der Waals surface area contributed by atoms with Crippen LogP contribution in [0.3, 0.4) is 0 Å². The Kier molecular flexibility index (Phi) is 5.41. The third-order valence-corrected chi connectivity index (χ3v) is 12.2. The zero-order valence-electron chi connectivity index (χ0n) is 22.2. The van der Waals surface area contributed by atoms with Gasteiger partial charge in [0, 0.05) is 37.5 Å². The lowest BCUT2D eigenvalue weighted by Crippen LogP contribution is -2.67. The fourth-order valence-electron chi connectivity index (χ4n) is 10.4. The van der Waals surface area contributed by atoms with Crippen LogP contribution in [0.2, 0.25) is 0 Å². The van der Waals surface area contributed by atoms with Gasteiger partial charge in [-0.1, -0.05) is 27.7 Å². The number of aliphatic hydroxyl groups is 1. The van der Waals surface area contributed by atoms with Gasteiger partial charge in [-0.2, -0.15) is 0 Å². The van der Waals surface area contributed by atoms with Crippen LogP contribution in [-0.4, -0.2) is 47.1 Å². The zero-order valence-corrected chi connectivity index (χ0v) is 22.2. The SMILES string of the molecule is CC(=O)O[C@H]1CC[C@]2(C)[C@H]3CC[C@]4(C)[C@@H]5[C@@H](C[C@H]4[C@@H]3CC(=O)[C@@]2(O)C1)O[C@@]1(CC[C@@H](C)CO1)[C@H]5C. The standard InChI is InChI=1S/C29H44O6/c1-16-6-11-29(33-15-16)17(2)25-23(35-29)13-22-20-12-24(31)28(32)14-19(34-18(3)30)7-10-27(28,5)21(20)8-9-26(22,25)4/h16-17,19-23,25,32H,6-15H2,1-5H3/t16-,17+,19+,20-,21+,22+,23-,25+,26+,27-,28+,29+/m1/s1. The van der Waals surface area contributed by atoms with E-state index in [0.29, 0.717) is 41.9 Å². The van der Waals surface area contributed by atoms with Crippen molar-refractivity contribution in [3.05, 3.63) is 0 Å². The third-order valence-electron chi connectivity index (χ3n) is 12.2. The molecule has 0 unspecified atom stereocenters. The number of ether oxygens (including phenoxy) is 3. The quantitative estimate of drug-likeness (QED) is 0.541. The van der Waals surface area contributed by atoms with Crippen molar-refractivity contribution in [2.45, 2.75) is 116 Å². The average molecular weight is 489 g/mol. The Labute approximate surface area is 209 Å². The Morgan fingerprint density at radius 2 is 1.86 bits per heavy atom. The van der Waals surface area contributed by atoms with E-state index in [1.807, 2.05) is 0 Å². The largest absolute Gasteiger partial charge is 0.462 e. The van der Waals surface area contributed by atoms with Gasteiger partial charge < -0.3 is 19.3 Å². The second-order valence-electron chi connectivity index (χ2n) is 13.8. The molecule has 6 heteroatoms. The van der Waals surface area contributed by atoms with Crippen molar-refractivity contribution in [3.63, 3.8) is 0 Å². The summed E-state index contributed by atoms with van der Waals surface area (Å²) in [6.07, 6.45) is 7.30. The number of carbonyl (C=O) groups is 2. The molecule has 0 amide bonds. The number of hydrogen-bond acceptors (Lipinski definition) is 6. The smallest absolute Gasteiger partial charge is 0.302 e. The monoisotopic (exact) mass is 488 g/mol. The molecule has 6 rings (SSSR count). The summed E-state index contributed by atoms with van der Waals surface area (Å²) in [4.78, 5) is 25.2. The van der Waals surface area contributed by atoms with Gasteiger partial charge in [0.15, 0.2) is 11.6 Å². The van der Waals surface area contributed by atoms with E-state index >= 15 is 0 Å². The van der Waals surface area contributed by atoms with Crippen LogP contribution in [0, 0.1) is 46.3 Å². The first-order valence-electron chi connectivity index (χ1n) is 14.2. The molecule has 0 aromatic carbocycles. The highest BCUT2D eigenvalue weighted by molar-refractivity contribution is 5.89. The lowest BCUT2D eigenvalue weighted by molar-refractivity contribution is -0.273. The van der Waals surface area contributed by atoms with Crippen molar-refractivity contribution >= 4 is 11.8 Å². The molecule has 6 fully saturated rings. The first kappa shape index (κ1) is 24.4. The summed E-state index contributed by atoms with van der Waals surface area (Å²) < 4.78 is 18.7. The molecule has 0 aromatic rings. The van der Waals surface area contributed by atoms with Gasteiger partial charge in [-0.05, 0) is 73.5 Å². The molecule has 4 saturated carbocycles. The Hall–Kier alpha value is -0.980. The molecule has 196 valence electrons. The minimum Gasteiger partial charge on any atom is -0.462 e. The zero-order chi connectivity index (χ0) is 25.0. The van der Waals surface area contributed by atoms with Crippen LogP contribution < -0.4 is 0 Å². The van der Waals surface area contributed by atoms with E-state index in [-0.39, 0.29) is 35.8 Å². The Morgan fingerprint density at radius 1 is 1.09 bits per heavy atom. The number of Topliss-reactive ketones (excluding diaryl/α,β-unsaturated/α-hetero) is 1. The fourth-order valence-corrected chi connectivity index (χ4v) is 10.4. The van der Waals surface area contributed by atoms with Crippen LogP contribution in [0.5, 0.6) is 0 Å². The number of ketones is 1. The van der Waals surface area contributed by atoms with Gasteiger partial charge in [0.1, 0.15) is 11.7 Å². The van der Waals surface area contributed by atoms with Gasteiger partial charge in [0.25, 0.3) is 0 Å². The minimum absolute atomic E-state index is 0.0329. The molecular formula is C29H44O6. The first-order valence-corrected chi connectivity index (χ1v) is 14.2. The van der Waals surface area contributed by atoms with Gasteiger partial charge in [0.05, 0.1) is 12.7 Å².